The first-order valence-corrected chi connectivity index (χ1v) is 10.4. The lowest BCUT2D eigenvalue weighted by atomic mass is 10.0. The van der Waals surface area contributed by atoms with Gasteiger partial charge in [0.25, 0.3) is 0 Å². The zero-order chi connectivity index (χ0) is 24.6. The van der Waals surface area contributed by atoms with E-state index in [1.165, 1.54) is 17.0 Å². The Kier molecular flexibility index (Phi) is 8.84. The molecule has 1 unspecified atom stereocenters. The molecule has 0 spiro atoms. The summed E-state index contributed by atoms with van der Waals surface area (Å²) in [6, 6.07) is 11.7. The van der Waals surface area contributed by atoms with Gasteiger partial charge in [-0.1, -0.05) is 44.2 Å². The van der Waals surface area contributed by atoms with Crippen LogP contribution in [0.1, 0.15) is 26.3 Å². The maximum Gasteiger partial charge on any atom is 0.418 e. The molecule has 0 aliphatic rings. The van der Waals surface area contributed by atoms with E-state index in [1.807, 2.05) is 0 Å². The molecular formula is C23H27F3N4O3. The van der Waals surface area contributed by atoms with Gasteiger partial charge >= 0.3 is 12.2 Å². The minimum atomic E-state index is -4.64. The number of benzene rings is 2. The summed E-state index contributed by atoms with van der Waals surface area (Å²) in [5, 5.41) is 7.46. The fraction of sp³-hybridized carbons (Fsp3) is 0.348. The molecule has 0 fully saturated rings. The van der Waals surface area contributed by atoms with Crippen molar-refractivity contribution in [2.24, 2.45) is 5.92 Å². The molecular weight excluding hydrogens is 437 g/mol. The Balaban J connectivity index is 2.07. The average Bonchev–Trinajstić information content (AvgIpc) is 2.75. The number of nitrogens with zero attached hydrogens (tertiary/aromatic N) is 1. The monoisotopic (exact) mass is 464 g/mol. The second kappa shape index (κ2) is 11.3. The Hall–Kier alpha value is -3.56. The van der Waals surface area contributed by atoms with Crippen LogP contribution in [0.4, 0.5) is 29.3 Å². The first-order chi connectivity index (χ1) is 15.5. The molecule has 7 nitrogen and oxygen atoms in total. The van der Waals surface area contributed by atoms with Crippen LogP contribution in [0.25, 0.3) is 0 Å². The van der Waals surface area contributed by atoms with E-state index in [9.17, 15) is 27.6 Å². The van der Waals surface area contributed by atoms with E-state index in [-0.39, 0.29) is 18.2 Å². The predicted octanol–water partition coefficient (Wildman–Crippen LogP) is 4.34. The minimum absolute atomic E-state index is 0.123. The van der Waals surface area contributed by atoms with Crippen molar-refractivity contribution < 1.29 is 27.6 Å². The van der Waals surface area contributed by atoms with Crippen LogP contribution in [0.15, 0.2) is 54.6 Å². The highest BCUT2D eigenvalue weighted by Gasteiger charge is 2.34. The molecule has 0 aromatic heterocycles. The van der Waals surface area contributed by atoms with Crippen LogP contribution < -0.4 is 16.0 Å². The topological polar surface area (TPSA) is 90.5 Å². The fourth-order valence-corrected chi connectivity index (χ4v) is 3.09. The standard InChI is InChI=1S/C23H27F3N4O3/c1-4-30(14-19(31)28-18-13-9-8-12-17(18)23(24,25)26)21(32)20(15(2)3)29-22(33)27-16-10-6-5-7-11-16/h5-13,15,20H,4,14H2,1-3H3,(H,28,31)(H2,27,29,33). The second-order valence-electron chi connectivity index (χ2n) is 7.63. The van der Waals surface area contributed by atoms with Crippen molar-refractivity contribution in [3.63, 3.8) is 0 Å². The van der Waals surface area contributed by atoms with Gasteiger partial charge in [-0.05, 0) is 37.1 Å². The van der Waals surface area contributed by atoms with Gasteiger partial charge in [0, 0.05) is 12.2 Å². The van der Waals surface area contributed by atoms with E-state index in [1.54, 1.807) is 51.1 Å². The second-order valence-corrected chi connectivity index (χ2v) is 7.63. The molecule has 2 aromatic carbocycles. The Labute approximate surface area is 190 Å². The molecule has 0 saturated carbocycles. The van der Waals surface area contributed by atoms with Crippen molar-refractivity contribution >= 4 is 29.2 Å². The first kappa shape index (κ1) is 25.7. The Bertz CT molecular complexity index is 965. The van der Waals surface area contributed by atoms with E-state index in [2.05, 4.69) is 16.0 Å². The number of amides is 4. The summed E-state index contributed by atoms with van der Waals surface area (Å²) in [5.74, 6) is -1.60. The van der Waals surface area contributed by atoms with Gasteiger partial charge in [0.15, 0.2) is 0 Å². The zero-order valence-electron chi connectivity index (χ0n) is 18.6. The number of urea groups is 1. The van der Waals surface area contributed by atoms with Gasteiger partial charge < -0.3 is 20.9 Å². The van der Waals surface area contributed by atoms with Crippen molar-refractivity contribution in [3.05, 3.63) is 60.2 Å². The maximum atomic E-state index is 13.2. The number of carbonyl (C=O) groups is 3. The van der Waals surface area contributed by atoms with Gasteiger partial charge in [-0.2, -0.15) is 13.2 Å². The van der Waals surface area contributed by atoms with E-state index in [0.717, 1.165) is 12.1 Å². The number of carbonyl (C=O) groups excluding carboxylic acids is 3. The van der Waals surface area contributed by atoms with Crippen molar-refractivity contribution in [2.45, 2.75) is 33.0 Å². The molecule has 2 rings (SSSR count). The summed E-state index contributed by atoms with van der Waals surface area (Å²) >= 11 is 0. The summed E-state index contributed by atoms with van der Waals surface area (Å²) in [4.78, 5) is 39.0. The number of likely N-dealkylation sites (N-methyl/N-ethyl adjacent to an activating group) is 1. The van der Waals surface area contributed by atoms with Crippen LogP contribution in [0.2, 0.25) is 0 Å². The van der Waals surface area contributed by atoms with Crippen LogP contribution in [-0.4, -0.2) is 41.9 Å². The molecule has 2 aromatic rings. The van der Waals surface area contributed by atoms with Crippen LogP contribution in [0.3, 0.4) is 0 Å². The number of anilines is 2. The van der Waals surface area contributed by atoms with Crippen LogP contribution in [-0.2, 0) is 15.8 Å². The van der Waals surface area contributed by atoms with Crippen molar-refractivity contribution in [1.82, 2.24) is 10.2 Å². The SMILES string of the molecule is CCN(CC(=O)Nc1ccccc1C(F)(F)F)C(=O)C(NC(=O)Nc1ccccc1)C(C)C. The van der Waals surface area contributed by atoms with Crippen LogP contribution >= 0.6 is 0 Å². The summed E-state index contributed by atoms with van der Waals surface area (Å²) < 4.78 is 39.5. The molecule has 0 heterocycles. The highest BCUT2D eigenvalue weighted by atomic mass is 19.4. The summed E-state index contributed by atoms with van der Waals surface area (Å²) in [7, 11) is 0. The minimum Gasteiger partial charge on any atom is -0.332 e. The Morgan fingerprint density at radius 1 is 0.939 bits per heavy atom. The molecule has 10 heteroatoms. The molecule has 33 heavy (non-hydrogen) atoms. The third-order valence-electron chi connectivity index (χ3n) is 4.79. The molecule has 0 radical (unpaired) electrons. The lowest BCUT2D eigenvalue weighted by molar-refractivity contribution is -0.138. The van der Waals surface area contributed by atoms with Gasteiger partial charge in [-0.25, -0.2) is 4.79 Å². The zero-order valence-corrected chi connectivity index (χ0v) is 18.6. The largest absolute Gasteiger partial charge is 0.418 e. The van der Waals surface area contributed by atoms with Gasteiger partial charge in [-0.3, -0.25) is 9.59 Å². The normalized spacial score (nSPS) is 12.1. The van der Waals surface area contributed by atoms with Gasteiger partial charge in [-0.15, -0.1) is 0 Å². The first-order valence-electron chi connectivity index (χ1n) is 10.4. The Morgan fingerprint density at radius 2 is 1.55 bits per heavy atom. The molecule has 4 amide bonds. The summed E-state index contributed by atoms with van der Waals surface area (Å²) in [5.41, 5.74) is -0.827. The molecule has 3 N–H and O–H groups in total. The maximum absolute atomic E-state index is 13.2. The quantitative estimate of drug-likeness (QED) is 0.543. The Morgan fingerprint density at radius 3 is 2.12 bits per heavy atom. The molecule has 178 valence electrons. The van der Waals surface area contributed by atoms with Gasteiger partial charge in [0.1, 0.15) is 6.04 Å². The van der Waals surface area contributed by atoms with Crippen LogP contribution in [0.5, 0.6) is 0 Å². The molecule has 1 atom stereocenters. The van der Waals surface area contributed by atoms with Crippen molar-refractivity contribution in [1.29, 1.82) is 0 Å². The number of halogens is 3. The number of nitrogens with one attached hydrogen (secondary N) is 3. The number of hydrogen-bond acceptors (Lipinski definition) is 3. The third-order valence-corrected chi connectivity index (χ3v) is 4.79. The van der Waals surface area contributed by atoms with Crippen molar-refractivity contribution in [3.8, 4) is 0 Å². The highest BCUT2D eigenvalue weighted by Crippen LogP contribution is 2.34. The summed E-state index contributed by atoms with van der Waals surface area (Å²) in [6.45, 7) is 4.76. The lowest BCUT2D eigenvalue weighted by Gasteiger charge is -2.28. The smallest absolute Gasteiger partial charge is 0.332 e. The highest BCUT2D eigenvalue weighted by molar-refractivity contribution is 5.97. The summed E-state index contributed by atoms with van der Waals surface area (Å²) in [6.07, 6.45) is -4.64. The molecule has 0 aliphatic heterocycles. The third kappa shape index (κ3) is 7.51. The number of hydrogen-bond donors (Lipinski definition) is 3. The van der Waals surface area contributed by atoms with E-state index < -0.39 is 42.2 Å². The number of alkyl halides is 3. The molecule has 0 saturated heterocycles. The van der Waals surface area contributed by atoms with E-state index in [0.29, 0.717) is 5.69 Å². The number of para-hydroxylation sites is 2. The molecule has 0 bridgehead atoms. The van der Waals surface area contributed by atoms with E-state index >= 15 is 0 Å². The van der Waals surface area contributed by atoms with Crippen molar-refractivity contribution in [2.75, 3.05) is 23.7 Å². The molecule has 0 aliphatic carbocycles. The lowest BCUT2D eigenvalue weighted by Crippen LogP contribution is -2.53. The fourth-order valence-electron chi connectivity index (χ4n) is 3.09. The predicted molar refractivity (Wildman–Crippen MR) is 120 cm³/mol. The number of rotatable bonds is 8. The van der Waals surface area contributed by atoms with Crippen LogP contribution in [0, 0.1) is 5.92 Å². The average molecular weight is 464 g/mol. The van der Waals surface area contributed by atoms with E-state index in [4.69, 9.17) is 0 Å². The van der Waals surface area contributed by atoms with Gasteiger partial charge in [0.05, 0.1) is 17.8 Å². The van der Waals surface area contributed by atoms with Gasteiger partial charge in [0.2, 0.25) is 11.8 Å².